The lowest BCUT2D eigenvalue weighted by Crippen LogP contribution is -2.37. The molecule has 0 aliphatic carbocycles. The molecule has 1 unspecified atom stereocenters. The van der Waals surface area contributed by atoms with Crippen LogP contribution in [0.4, 0.5) is 0 Å². The van der Waals surface area contributed by atoms with Gasteiger partial charge < -0.3 is 27.9 Å². The van der Waals surface area contributed by atoms with Gasteiger partial charge in [-0.05, 0) is 57.4 Å². The summed E-state index contributed by atoms with van der Waals surface area (Å²) >= 11 is 0. The molecule has 0 aliphatic rings. The molecule has 0 bridgehead atoms. The Morgan fingerprint density at radius 1 is 0.604 bits per heavy atom. The van der Waals surface area contributed by atoms with Crippen molar-refractivity contribution < 1.29 is 37.3 Å². The van der Waals surface area contributed by atoms with Crippen LogP contribution in [0.2, 0.25) is 0 Å². The molecule has 9 heteroatoms. The second-order valence-electron chi connectivity index (χ2n) is 15.8. The predicted octanol–water partition coefficient (Wildman–Crippen LogP) is 12.3. The third kappa shape index (κ3) is 41.6. The number of unbranched alkanes of at least 4 members (excludes halogenated alkanes) is 22. The summed E-state index contributed by atoms with van der Waals surface area (Å²) in [5.41, 5.74) is 0. The lowest BCUT2D eigenvalue weighted by Gasteiger charge is -2.28. The van der Waals surface area contributed by atoms with Crippen molar-refractivity contribution in [1.82, 2.24) is 0 Å². The molecule has 312 valence electrons. The summed E-state index contributed by atoms with van der Waals surface area (Å²) in [6.45, 7) is 4.70. The van der Waals surface area contributed by atoms with Gasteiger partial charge in [-0.15, -0.1) is 0 Å². The van der Waals surface area contributed by atoms with Crippen molar-refractivity contribution >= 4 is 13.8 Å². The molecular formula is C44H84NO7P. The molecule has 0 saturated carbocycles. The molecule has 0 N–H and O–H groups in total. The van der Waals surface area contributed by atoms with E-state index in [0.29, 0.717) is 11.0 Å². The highest BCUT2D eigenvalue weighted by molar-refractivity contribution is 7.45. The molecule has 0 aromatic heterocycles. The van der Waals surface area contributed by atoms with E-state index >= 15 is 0 Å². The Morgan fingerprint density at radius 2 is 1.06 bits per heavy atom. The quantitative estimate of drug-likeness (QED) is 0.0153. The highest BCUT2D eigenvalue weighted by Crippen LogP contribution is 2.38. The SMILES string of the molecule is CCCCC/C=C/C/C=C/CCCCCCCC(=O)O[C@H](CO/C=C/CCCCCCCCCCCCCCCC)COP(=O)([O-])OCC[N+](C)(C)C. The van der Waals surface area contributed by atoms with Gasteiger partial charge in [0.15, 0.2) is 6.10 Å². The lowest BCUT2D eigenvalue weighted by molar-refractivity contribution is -0.870. The van der Waals surface area contributed by atoms with E-state index in [-0.39, 0.29) is 32.2 Å². The first-order chi connectivity index (χ1) is 25.6. The fraction of sp³-hybridized carbons (Fsp3) is 0.841. The predicted molar refractivity (Wildman–Crippen MR) is 222 cm³/mol. The second-order valence-corrected chi connectivity index (χ2v) is 17.2. The van der Waals surface area contributed by atoms with Gasteiger partial charge in [-0.25, -0.2) is 0 Å². The highest BCUT2D eigenvalue weighted by atomic mass is 31.2. The average Bonchev–Trinajstić information content (AvgIpc) is 3.11. The van der Waals surface area contributed by atoms with Crippen LogP contribution in [0.3, 0.4) is 0 Å². The van der Waals surface area contributed by atoms with Crippen molar-refractivity contribution in [2.45, 2.75) is 193 Å². The summed E-state index contributed by atoms with van der Waals surface area (Å²) < 4.78 is 34.3. The van der Waals surface area contributed by atoms with E-state index < -0.39 is 13.9 Å². The summed E-state index contributed by atoms with van der Waals surface area (Å²) in [7, 11) is 1.32. The average molecular weight is 770 g/mol. The Bertz CT molecular complexity index is 947. The number of nitrogens with zero attached hydrogens (tertiary/aromatic N) is 1. The third-order valence-corrected chi connectivity index (χ3v) is 10.2. The van der Waals surface area contributed by atoms with E-state index in [9.17, 15) is 14.3 Å². The molecule has 0 heterocycles. The van der Waals surface area contributed by atoms with Crippen LogP contribution in [0.15, 0.2) is 36.6 Å². The van der Waals surface area contributed by atoms with E-state index in [1.165, 1.54) is 109 Å². The number of hydrogen-bond donors (Lipinski definition) is 0. The Hall–Kier alpha value is -1.44. The summed E-state index contributed by atoms with van der Waals surface area (Å²) in [5.74, 6) is -0.369. The molecule has 0 aliphatic heterocycles. The first-order valence-corrected chi connectivity index (χ1v) is 23.2. The summed E-state index contributed by atoms with van der Waals surface area (Å²) in [5, 5.41) is 0. The molecule has 0 spiro atoms. The maximum atomic E-state index is 12.6. The molecule has 0 aromatic rings. The van der Waals surface area contributed by atoms with Gasteiger partial charge in [-0.3, -0.25) is 9.36 Å². The number of esters is 1. The number of hydrogen-bond acceptors (Lipinski definition) is 7. The monoisotopic (exact) mass is 770 g/mol. The summed E-state index contributed by atoms with van der Waals surface area (Å²) in [6, 6.07) is 0. The van der Waals surface area contributed by atoms with Gasteiger partial charge >= 0.3 is 5.97 Å². The van der Waals surface area contributed by atoms with Crippen LogP contribution >= 0.6 is 7.82 Å². The molecule has 0 saturated heterocycles. The Kier molecular flexibility index (Phi) is 36.5. The zero-order valence-corrected chi connectivity index (χ0v) is 36.1. The van der Waals surface area contributed by atoms with Gasteiger partial charge in [-0.1, -0.05) is 154 Å². The fourth-order valence-corrected chi connectivity index (χ4v) is 6.56. The van der Waals surface area contributed by atoms with E-state index in [2.05, 4.69) is 38.2 Å². The minimum atomic E-state index is -4.54. The van der Waals surface area contributed by atoms with Crippen LogP contribution in [-0.2, 0) is 27.9 Å². The van der Waals surface area contributed by atoms with Crippen molar-refractivity contribution in [2.75, 3.05) is 47.5 Å². The van der Waals surface area contributed by atoms with E-state index in [1.807, 2.05) is 27.2 Å². The normalized spacial score (nSPS) is 14.1. The Balaban J connectivity index is 4.31. The van der Waals surface area contributed by atoms with Crippen molar-refractivity contribution in [1.29, 1.82) is 0 Å². The van der Waals surface area contributed by atoms with Gasteiger partial charge in [0.1, 0.15) is 19.8 Å². The topological polar surface area (TPSA) is 94.1 Å². The summed E-state index contributed by atoms with van der Waals surface area (Å²) in [4.78, 5) is 25.0. The highest BCUT2D eigenvalue weighted by Gasteiger charge is 2.20. The zero-order valence-electron chi connectivity index (χ0n) is 35.2. The molecule has 0 amide bonds. The van der Waals surface area contributed by atoms with E-state index in [1.54, 1.807) is 6.26 Å². The van der Waals surface area contributed by atoms with Crippen molar-refractivity contribution in [3.63, 3.8) is 0 Å². The summed E-state index contributed by atoms with van der Waals surface area (Å²) in [6.07, 6.45) is 43.9. The van der Waals surface area contributed by atoms with E-state index in [0.717, 1.165) is 57.8 Å². The zero-order chi connectivity index (χ0) is 39.1. The van der Waals surface area contributed by atoms with Crippen LogP contribution in [0.5, 0.6) is 0 Å². The van der Waals surface area contributed by atoms with Crippen LogP contribution in [0.1, 0.15) is 187 Å². The number of allylic oxidation sites excluding steroid dienone is 5. The van der Waals surface area contributed by atoms with Gasteiger partial charge in [0, 0.05) is 6.42 Å². The van der Waals surface area contributed by atoms with Crippen molar-refractivity contribution in [3.8, 4) is 0 Å². The van der Waals surface area contributed by atoms with Crippen molar-refractivity contribution in [2.24, 2.45) is 0 Å². The lowest BCUT2D eigenvalue weighted by atomic mass is 10.0. The fourth-order valence-electron chi connectivity index (χ4n) is 5.84. The maximum absolute atomic E-state index is 12.6. The van der Waals surface area contributed by atoms with Crippen LogP contribution in [0.25, 0.3) is 0 Å². The van der Waals surface area contributed by atoms with E-state index in [4.69, 9.17) is 18.5 Å². The Morgan fingerprint density at radius 3 is 1.58 bits per heavy atom. The van der Waals surface area contributed by atoms with Gasteiger partial charge in [0.25, 0.3) is 7.82 Å². The Labute approximate surface area is 327 Å². The number of likely N-dealkylation sites (N-methyl/N-ethyl adjacent to an activating group) is 1. The molecule has 0 aromatic carbocycles. The molecular weight excluding hydrogens is 685 g/mol. The number of carbonyl (C=O) groups excluding carboxylic acids is 1. The second kappa shape index (κ2) is 37.5. The van der Waals surface area contributed by atoms with Gasteiger partial charge in [0.05, 0.1) is 34.0 Å². The third-order valence-electron chi connectivity index (χ3n) is 9.26. The minimum absolute atomic E-state index is 0.0139. The number of carbonyl (C=O) groups is 1. The molecule has 53 heavy (non-hydrogen) atoms. The standard InChI is InChI=1S/C44H84NO7P/c1-6-8-10-12-14-16-18-20-22-24-26-28-30-32-34-36-39-49-41-43(42-51-53(47,48)50-40-38-45(3,4)5)52-44(46)37-35-33-31-29-27-25-23-21-19-17-15-13-11-9-7-2/h15,17,21,23,36,39,43H,6-14,16,18-20,22,24-35,37-38,40-42H2,1-5H3/b17-15+,23-21+,39-36+/t43-/m1/s1. The number of rotatable bonds is 40. The molecule has 0 radical (unpaired) electrons. The number of phosphoric ester groups is 1. The first kappa shape index (κ1) is 51.6. The first-order valence-electron chi connectivity index (χ1n) is 21.8. The number of quaternary nitrogens is 1. The maximum Gasteiger partial charge on any atom is 0.306 e. The number of phosphoric acid groups is 1. The minimum Gasteiger partial charge on any atom is -0.756 e. The van der Waals surface area contributed by atoms with Gasteiger partial charge in [0.2, 0.25) is 0 Å². The van der Waals surface area contributed by atoms with Crippen molar-refractivity contribution in [3.05, 3.63) is 36.6 Å². The largest absolute Gasteiger partial charge is 0.756 e. The van der Waals surface area contributed by atoms with Crippen LogP contribution in [0, 0.1) is 0 Å². The van der Waals surface area contributed by atoms with Crippen LogP contribution in [-0.4, -0.2) is 64.1 Å². The molecule has 0 fully saturated rings. The molecule has 2 atom stereocenters. The number of ether oxygens (including phenoxy) is 2. The molecule has 8 nitrogen and oxygen atoms in total. The smallest absolute Gasteiger partial charge is 0.306 e. The van der Waals surface area contributed by atoms with Gasteiger partial charge in [-0.2, -0.15) is 0 Å². The molecule has 0 rings (SSSR count). The van der Waals surface area contributed by atoms with Crippen LogP contribution < -0.4 is 4.89 Å².